The SMILES string of the molecule is Cc1nn(CC(C)C)c(Cl)c1C(=O)Nc1nc(-c2cccc3ccccc23)cs1. The quantitative estimate of drug-likeness (QED) is 0.425. The lowest BCUT2D eigenvalue weighted by Gasteiger charge is -2.06. The van der Waals surface area contributed by atoms with Gasteiger partial charge in [-0.05, 0) is 23.6 Å². The van der Waals surface area contributed by atoms with Crippen molar-refractivity contribution in [3.8, 4) is 11.3 Å². The predicted octanol–water partition coefficient (Wildman–Crippen LogP) is 6.03. The second-order valence-electron chi connectivity index (χ2n) is 7.35. The zero-order valence-corrected chi connectivity index (χ0v) is 18.0. The summed E-state index contributed by atoms with van der Waals surface area (Å²) in [6.07, 6.45) is 0. The van der Waals surface area contributed by atoms with E-state index in [4.69, 9.17) is 11.6 Å². The molecule has 2 aromatic carbocycles. The lowest BCUT2D eigenvalue weighted by atomic mass is 10.0. The molecule has 0 fully saturated rings. The van der Waals surface area contributed by atoms with Gasteiger partial charge in [-0.1, -0.05) is 67.9 Å². The monoisotopic (exact) mass is 424 g/mol. The second kappa shape index (κ2) is 7.97. The maximum Gasteiger partial charge on any atom is 0.262 e. The zero-order valence-electron chi connectivity index (χ0n) is 16.4. The molecule has 0 unspecified atom stereocenters. The van der Waals surface area contributed by atoms with Crippen LogP contribution in [0.2, 0.25) is 5.15 Å². The van der Waals surface area contributed by atoms with Crippen LogP contribution in [0.5, 0.6) is 0 Å². The van der Waals surface area contributed by atoms with E-state index in [1.54, 1.807) is 11.6 Å². The largest absolute Gasteiger partial charge is 0.298 e. The highest BCUT2D eigenvalue weighted by Gasteiger charge is 2.22. The minimum Gasteiger partial charge on any atom is -0.298 e. The molecule has 7 heteroatoms. The van der Waals surface area contributed by atoms with Gasteiger partial charge in [-0.15, -0.1) is 11.3 Å². The molecule has 0 radical (unpaired) electrons. The van der Waals surface area contributed by atoms with E-state index in [-0.39, 0.29) is 5.91 Å². The Morgan fingerprint density at radius 3 is 2.76 bits per heavy atom. The highest BCUT2D eigenvalue weighted by molar-refractivity contribution is 7.14. The number of amides is 1. The van der Waals surface area contributed by atoms with Crippen molar-refractivity contribution >= 4 is 44.7 Å². The molecule has 0 saturated heterocycles. The van der Waals surface area contributed by atoms with Crippen LogP contribution in [-0.4, -0.2) is 20.7 Å². The number of aromatic nitrogens is 3. The maximum atomic E-state index is 12.8. The maximum absolute atomic E-state index is 12.8. The second-order valence-corrected chi connectivity index (χ2v) is 8.56. The minimum atomic E-state index is -0.290. The van der Waals surface area contributed by atoms with Crippen molar-refractivity contribution in [1.29, 1.82) is 0 Å². The number of carbonyl (C=O) groups excluding carboxylic acids is 1. The molecule has 148 valence electrons. The average Bonchev–Trinajstić information content (AvgIpc) is 3.25. The third kappa shape index (κ3) is 3.91. The Hall–Kier alpha value is -2.70. The van der Waals surface area contributed by atoms with Crippen LogP contribution in [0.3, 0.4) is 0 Å². The number of fused-ring (bicyclic) bond motifs is 1. The van der Waals surface area contributed by atoms with Crippen LogP contribution in [0.1, 0.15) is 29.9 Å². The molecule has 1 amide bonds. The summed E-state index contributed by atoms with van der Waals surface area (Å²) in [6.45, 7) is 6.62. The summed E-state index contributed by atoms with van der Waals surface area (Å²) in [5, 5.41) is 12.4. The molecule has 29 heavy (non-hydrogen) atoms. The summed E-state index contributed by atoms with van der Waals surface area (Å²) in [6, 6.07) is 14.3. The number of rotatable bonds is 5. The summed E-state index contributed by atoms with van der Waals surface area (Å²) < 4.78 is 1.68. The fourth-order valence-electron chi connectivity index (χ4n) is 3.34. The van der Waals surface area contributed by atoms with Gasteiger partial charge in [0.25, 0.3) is 5.91 Å². The average molecular weight is 425 g/mol. The molecule has 0 aliphatic carbocycles. The summed E-state index contributed by atoms with van der Waals surface area (Å²) in [5.41, 5.74) is 2.88. The molecular weight excluding hydrogens is 404 g/mol. The van der Waals surface area contributed by atoms with E-state index >= 15 is 0 Å². The van der Waals surface area contributed by atoms with E-state index < -0.39 is 0 Å². The lowest BCUT2D eigenvalue weighted by Crippen LogP contribution is -2.13. The van der Waals surface area contributed by atoms with Gasteiger partial charge in [-0.25, -0.2) is 4.98 Å². The Bertz CT molecular complexity index is 1190. The summed E-state index contributed by atoms with van der Waals surface area (Å²) in [5.74, 6) is 0.0891. The van der Waals surface area contributed by atoms with E-state index in [0.717, 1.165) is 22.0 Å². The Balaban J connectivity index is 1.60. The van der Waals surface area contributed by atoms with E-state index in [9.17, 15) is 4.79 Å². The molecule has 0 bridgehead atoms. The molecule has 1 N–H and O–H groups in total. The fraction of sp³-hybridized carbons (Fsp3) is 0.227. The number of anilines is 1. The van der Waals surface area contributed by atoms with Gasteiger partial charge in [0.05, 0.1) is 17.0 Å². The molecule has 5 nitrogen and oxygen atoms in total. The Morgan fingerprint density at radius 2 is 1.97 bits per heavy atom. The van der Waals surface area contributed by atoms with Crippen LogP contribution in [0.25, 0.3) is 22.0 Å². The normalized spacial score (nSPS) is 11.3. The van der Waals surface area contributed by atoms with Crippen LogP contribution in [-0.2, 0) is 6.54 Å². The minimum absolute atomic E-state index is 0.290. The fourth-order valence-corrected chi connectivity index (χ4v) is 4.38. The van der Waals surface area contributed by atoms with Gasteiger partial charge in [-0.3, -0.25) is 14.8 Å². The van der Waals surface area contributed by atoms with Crippen molar-refractivity contribution in [2.75, 3.05) is 5.32 Å². The number of thiazole rings is 1. The number of aryl methyl sites for hydroxylation is 1. The van der Waals surface area contributed by atoms with Gasteiger partial charge < -0.3 is 0 Å². The number of carbonyl (C=O) groups is 1. The van der Waals surface area contributed by atoms with Crippen molar-refractivity contribution in [3.63, 3.8) is 0 Å². The van der Waals surface area contributed by atoms with Gasteiger partial charge in [0, 0.05) is 17.5 Å². The van der Waals surface area contributed by atoms with Crippen LogP contribution in [0, 0.1) is 12.8 Å². The third-order valence-electron chi connectivity index (χ3n) is 4.62. The smallest absolute Gasteiger partial charge is 0.262 e. The van der Waals surface area contributed by atoms with E-state index in [2.05, 4.69) is 47.4 Å². The molecule has 0 aliphatic heterocycles. The Labute approximate surface area is 178 Å². The van der Waals surface area contributed by atoms with Crippen LogP contribution in [0.15, 0.2) is 47.8 Å². The standard InChI is InChI=1S/C22H21ClN4OS/c1-13(2)11-27-20(23)19(14(3)26-27)21(28)25-22-24-18(12-29-22)17-10-6-8-15-7-4-5-9-16(15)17/h4-10,12-13H,11H2,1-3H3,(H,24,25,28). The number of nitrogens with one attached hydrogen (secondary N) is 1. The van der Waals surface area contributed by atoms with Gasteiger partial charge in [0.2, 0.25) is 0 Å². The van der Waals surface area contributed by atoms with Crippen molar-refractivity contribution in [1.82, 2.24) is 14.8 Å². The van der Waals surface area contributed by atoms with Crippen LogP contribution < -0.4 is 5.32 Å². The van der Waals surface area contributed by atoms with E-state index in [1.165, 1.54) is 11.3 Å². The number of benzene rings is 2. The Kier molecular flexibility index (Phi) is 5.39. The summed E-state index contributed by atoms with van der Waals surface area (Å²) >= 11 is 7.82. The first-order chi connectivity index (χ1) is 13.9. The molecule has 0 spiro atoms. The summed E-state index contributed by atoms with van der Waals surface area (Å²) in [4.78, 5) is 17.5. The summed E-state index contributed by atoms with van der Waals surface area (Å²) in [7, 11) is 0. The van der Waals surface area contributed by atoms with E-state index in [0.29, 0.717) is 34.0 Å². The van der Waals surface area contributed by atoms with Crippen molar-refractivity contribution in [2.45, 2.75) is 27.3 Å². The molecular formula is C22H21ClN4OS. The van der Waals surface area contributed by atoms with Crippen molar-refractivity contribution in [2.24, 2.45) is 5.92 Å². The molecule has 2 aromatic heterocycles. The van der Waals surface area contributed by atoms with Crippen LogP contribution in [0.4, 0.5) is 5.13 Å². The molecule has 4 aromatic rings. The number of hydrogen-bond acceptors (Lipinski definition) is 4. The van der Waals surface area contributed by atoms with Gasteiger partial charge in [-0.2, -0.15) is 5.10 Å². The highest BCUT2D eigenvalue weighted by atomic mass is 35.5. The first kappa shape index (κ1) is 19.6. The van der Waals surface area contributed by atoms with Crippen molar-refractivity contribution in [3.05, 3.63) is 64.3 Å². The predicted molar refractivity (Wildman–Crippen MR) is 120 cm³/mol. The van der Waals surface area contributed by atoms with Gasteiger partial charge in [0.15, 0.2) is 5.13 Å². The molecule has 2 heterocycles. The molecule has 0 atom stereocenters. The number of hydrogen-bond donors (Lipinski definition) is 1. The first-order valence-electron chi connectivity index (χ1n) is 9.42. The number of nitrogens with zero attached hydrogens (tertiary/aromatic N) is 3. The van der Waals surface area contributed by atoms with E-state index in [1.807, 2.05) is 29.6 Å². The third-order valence-corrected chi connectivity index (χ3v) is 5.76. The molecule has 0 saturated carbocycles. The van der Waals surface area contributed by atoms with Gasteiger partial charge in [0.1, 0.15) is 5.15 Å². The van der Waals surface area contributed by atoms with Crippen LogP contribution >= 0.6 is 22.9 Å². The first-order valence-corrected chi connectivity index (χ1v) is 10.7. The van der Waals surface area contributed by atoms with Crippen molar-refractivity contribution < 1.29 is 4.79 Å². The van der Waals surface area contributed by atoms with Gasteiger partial charge >= 0.3 is 0 Å². The molecule has 4 rings (SSSR count). The Morgan fingerprint density at radius 1 is 1.21 bits per heavy atom. The lowest BCUT2D eigenvalue weighted by molar-refractivity contribution is 0.102. The number of halogens is 1. The zero-order chi connectivity index (χ0) is 20.5. The highest BCUT2D eigenvalue weighted by Crippen LogP contribution is 2.31. The molecule has 0 aliphatic rings. The topological polar surface area (TPSA) is 59.8 Å².